The molecule has 1 unspecified atom stereocenters. The first-order valence-electron chi connectivity index (χ1n) is 6.78. The lowest BCUT2D eigenvalue weighted by Gasteiger charge is -2.25. The monoisotopic (exact) mass is 301 g/mol. The van der Waals surface area contributed by atoms with Crippen LogP contribution < -0.4 is 4.74 Å². The molecule has 1 aliphatic rings. The number of aromatic carboxylic acids is 1. The van der Waals surface area contributed by atoms with Crippen molar-refractivity contribution in [3.8, 4) is 5.75 Å². The molecule has 0 bridgehead atoms. The SMILES string of the molecule is O=C(O)c1ccnc(SCC2CCOc3ccccc32)c1. The van der Waals surface area contributed by atoms with Crippen LogP contribution in [-0.4, -0.2) is 28.4 Å². The molecule has 1 N–H and O–H groups in total. The Morgan fingerprint density at radius 1 is 1.38 bits per heavy atom. The van der Waals surface area contributed by atoms with Crippen molar-refractivity contribution in [2.45, 2.75) is 17.4 Å². The number of para-hydroxylation sites is 1. The number of rotatable bonds is 4. The Bertz CT molecular complexity index is 659. The van der Waals surface area contributed by atoms with Crippen molar-refractivity contribution >= 4 is 17.7 Å². The molecule has 1 aliphatic heterocycles. The summed E-state index contributed by atoms with van der Waals surface area (Å²) in [6.45, 7) is 0.727. The highest BCUT2D eigenvalue weighted by Crippen LogP contribution is 2.36. The second kappa shape index (κ2) is 6.18. The minimum Gasteiger partial charge on any atom is -0.493 e. The van der Waals surface area contributed by atoms with Gasteiger partial charge in [0.2, 0.25) is 0 Å². The number of carboxylic acids is 1. The Hall–Kier alpha value is -2.01. The minimum absolute atomic E-state index is 0.278. The van der Waals surface area contributed by atoms with Gasteiger partial charge < -0.3 is 9.84 Å². The van der Waals surface area contributed by atoms with Crippen LogP contribution in [0, 0.1) is 0 Å². The summed E-state index contributed by atoms with van der Waals surface area (Å²) in [4.78, 5) is 15.2. The van der Waals surface area contributed by atoms with Crippen LogP contribution in [0.2, 0.25) is 0 Å². The molecule has 108 valence electrons. The lowest BCUT2D eigenvalue weighted by atomic mass is 9.95. The highest BCUT2D eigenvalue weighted by atomic mass is 32.2. The molecule has 2 aromatic rings. The average molecular weight is 301 g/mol. The third kappa shape index (κ3) is 3.19. The summed E-state index contributed by atoms with van der Waals surface area (Å²) in [5.74, 6) is 1.32. The number of fused-ring (bicyclic) bond motifs is 1. The molecule has 0 amide bonds. The molecule has 0 fully saturated rings. The van der Waals surface area contributed by atoms with Crippen LogP contribution in [0.3, 0.4) is 0 Å². The van der Waals surface area contributed by atoms with Gasteiger partial charge >= 0.3 is 5.97 Å². The number of hydrogen-bond acceptors (Lipinski definition) is 4. The van der Waals surface area contributed by atoms with Gasteiger partial charge in [0.15, 0.2) is 0 Å². The molecule has 0 spiro atoms. The Kier molecular flexibility index (Phi) is 4.10. The summed E-state index contributed by atoms with van der Waals surface area (Å²) in [5.41, 5.74) is 1.51. The summed E-state index contributed by atoms with van der Waals surface area (Å²) in [6.07, 6.45) is 2.52. The van der Waals surface area contributed by atoms with Gasteiger partial charge in [0, 0.05) is 17.9 Å². The fourth-order valence-corrected chi connectivity index (χ4v) is 3.46. The molecule has 0 aliphatic carbocycles. The first kappa shape index (κ1) is 13.9. The molecule has 0 saturated heterocycles. The topological polar surface area (TPSA) is 59.4 Å². The van der Waals surface area contributed by atoms with Crippen molar-refractivity contribution in [3.63, 3.8) is 0 Å². The van der Waals surface area contributed by atoms with E-state index in [1.165, 1.54) is 11.6 Å². The van der Waals surface area contributed by atoms with Gasteiger partial charge in [0.05, 0.1) is 17.2 Å². The standard InChI is InChI=1S/C16H15NO3S/c18-16(19)11-5-7-17-15(9-11)21-10-12-6-8-20-14-4-2-1-3-13(12)14/h1-5,7,9,12H,6,8,10H2,(H,18,19). The van der Waals surface area contributed by atoms with Gasteiger partial charge in [-0.15, -0.1) is 11.8 Å². The summed E-state index contributed by atoms with van der Waals surface area (Å²) in [5, 5.41) is 9.75. The molecule has 5 heteroatoms. The van der Waals surface area contributed by atoms with Gasteiger partial charge in [-0.05, 0) is 30.2 Å². The molecule has 0 saturated carbocycles. The third-order valence-corrected chi connectivity index (χ3v) is 4.58. The van der Waals surface area contributed by atoms with E-state index >= 15 is 0 Å². The predicted molar refractivity (Wildman–Crippen MR) is 81.2 cm³/mol. The molecule has 0 radical (unpaired) electrons. The van der Waals surface area contributed by atoms with Crippen molar-refractivity contribution < 1.29 is 14.6 Å². The van der Waals surface area contributed by atoms with Crippen LogP contribution in [0.5, 0.6) is 5.75 Å². The van der Waals surface area contributed by atoms with E-state index in [9.17, 15) is 4.79 Å². The fraction of sp³-hybridized carbons (Fsp3) is 0.250. The Morgan fingerprint density at radius 2 is 2.24 bits per heavy atom. The van der Waals surface area contributed by atoms with Crippen LogP contribution in [-0.2, 0) is 0 Å². The number of carbonyl (C=O) groups is 1. The van der Waals surface area contributed by atoms with Gasteiger partial charge in [0.25, 0.3) is 0 Å². The van der Waals surface area contributed by atoms with E-state index in [2.05, 4.69) is 11.1 Å². The first-order valence-corrected chi connectivity index (χ1v) is 7.76. The Morgan fingerprint density at radius 3 is 3.10 bits per heavy atom. The average Bonchev–Trinajstić information content (AvgIpc) is 2.53. The number of hydrogen-bond donors (Lipinski definition) is 1. The van der Waals surface area contributed by atoms with E-state index in [-0.39, 0.29) is 5.56 Å². The summed E-state index contributed by atoms with van der Waals surface area (Å²) in [6, 6.07) is 11.2. The van der Waals surface area contributed by atoms with Gasteiger partial charge in [-0.3, -0.25) is 0 Å². The summed E-state index contributed by atoms with van der Waals surface area (Å²) < 4.78 is 5.65. The zero-order valence-corrected chi connectivity index (χ0v) is 12.2. The van der Waals surface area contributed by atoms with Gasteiger partial charge in [-0.25, -0.2) is 9.78 Å². The predicted octanol–water partition coefficient (Wildman–Crippen LogP) is 3.44. The van der Waals surface area contributed by atoms with E-state index < -0.39 is 5.97 Å². The minimum atomic E-state index is -0.921. The molecule has 4 nitrogen and oxygen atoms in total. The molecule has 21 heavy (non-hydrogen) atoms. The lowest BCUT2D eigenvalue weighted by Crippen LogP contribution is -2.15. The van der Waals surface area contributed by atoms with Gasteiger partial charge in [0.1, 0.15) is 5.75 Å². The van der Waals surface area contributed by atoms with Gasteiger partial charge in [-0.2, -0.15) is 0 Å². The number of aromatic nitrogens is 1. The van der Waals surface area contributed by atoms with Crippen molar-refractivity contribution in [3.05, 3.63) is 53.7 Å². The maximum atomic E-state index is 11.0. The van der Waals surface area contributed by atoms with Crippen LogP contribution >= 0.6 is 11.8 Å². The number of pyridine rings is 1. The van der Waals surface area contributed by atoms with Crippen LogP contribution in [0.25, 0.3) is 0 Å². The first-order chi connectivity index (χ1) is 10.2. The van der Waals surface area contributed by atoms with E-state index in [1.54, 1.807) is 24.0 Å². The summed E-state index contributed by atoms with van der Waals surface area (Å²) >= 11 is 1.59. The Balaban J connectivity index is 1.71. The largest absolute Gasteiger partial charge is 0.493 e. The van der Waals surface area contributed by atoms with Crippen molar-refractivity contribution in [1.29, 1.82) is 0 Å². The zero-order valence-electron chi connectivity index (χ0n) is 11.4. The fourth-order valence-electron chi connectivity index (χ4n) is 2.40. The molecule has 3 rings (SSSR count). The zero-order chi connectivity index (χ0) is 14.7. The summed E-state index contributed by atoms with van der Waals surface area (Å²) in [7, 11) is 0. The van der Waals surface area contributed by atoms with Crippen LogP contribution in [0.4, 0.5) is 0 Å². The number of carboxylic acid groups (broad SMARTS) is 1. The highest BCUT2D eigenvalue weighted by molar-refractivity contribution is 7.99. The van der Waals surface area contributed by atoms with E-state index in [0.29, 0.717) is 5.92 Å². The van der Waals surface area contributed by atoms with Crippen molar-refractivity contribution in [2.24, 2.45) is 0 Å². The third-order valence-electron chi connectivity index (χ3n) is 3.50. The van der Waals surface area contributed by atoms with E-state index in [4.69, 9.17) is 9.84 Å². The maximum absolute atomic E-state index is 11.0. The maximum Gasteiger partial charge on any atom is 0.335 e. The number of thioether (sulfide) groups is 1. The van der Waals surface area contributed by atoms with E-state index in [0.717, 1.165) is 29.6 Å². The quantitative estimate of drug-likeness (QED) is 0.877. The van der Waals surface area contributed by atoms with Crippen LogP contribution in [0.1, 0.15) is 28.3 Å². The Labute approximate surface area is 127 Å². The molecule has 1 atom stereocenters. The molecular weight excluding hydrogens is 286 g/mol. The second-order valence-corrected chi connectivity index (χ2v) is 5.91. The molecule has 1 aromatic carbocycles. The molecule has 1 aromatic heterocycles. The van der Waals surface area contributed by atoms with E-state index in [1.807, 2.05) is 18.2 Å². The smallest absolute Gasteiger partial charge is 0.335 e. The number of ether oxygens (including phenoxy) is 1. The number of benzene rings is 1. The van der Waals surface area contributed by atoms with Crippen LogP contribution in [0.15, 0.2) is 47.6 Å². The van der Waals surface area contributed by atoms with Crippen molar-refractivity contribution in [2.75, 3.05) is 12.4 Å². The second-order valence-electron chi connectivity index (χ2n) is 4.87. The van der Waals surface area contributed by atoms with Gasteiger partial charge in [-0.1, -0.05) is 18.2 Å². The number of nitrogens with zero attached hydrogens (tertiary/aromatic N) is 1. The normalized spacial score (nSPS) is 16.9. The molecular formula is C16H15NO3S. The highest BCUT2D eigenvalue weighted by Gasteiger charge is 2.21. The van der Waals surface area contributed by atoms with Crippen molar-refractivity contribution in [1.82, 2.24) is 4.98 Å². The molecule has 2 heterocycles. The lowest BCUT2D eigenvalue weighted by molar-refractivity contribution is 0.0696.